The number of nitrogens with one attached hydrogen (secondary N) is 1. The SMILES string of the molecule is O=S(=O)(Nc1nc2ccccc2nc1Cl)c1cccnc1. The summed E-state index contributed by atoms with van der Waals surface area (Å²) in [6.45, 7) is 0. The van der Waals surface area contributed by atoms with Crippen LogP contribution in [0.4, 0.5) is 5.82 Å². The molecule has 1 N–H and O–H groups in total. The molecule has 21 heavy (non-hydrogen) atoms. The molecule has 0 aliphatic heterocycles. The fourth-order valence-corrected chi connectivity index (χ4v) is 2.94. The van der Waals surface area contributed by atoms with Crippen molar-refractivity contribution in [3.05, 3.63) is 53.9 Å². The molecule has 8 heteroatoms. The third kappa shape index (κ3) is 2.79. The zero-order chi connectivity index (χ0) is 14.9. The van der Waals surface area contributed by atoms with Gasteiger partial charge >= 0.3 is 0 Å². The molecular weight excluding hydrogens is 312 g/mol. The number of fused-ring (bicyclic) bond motifs is 1. The van der Waals surface area contributed by atoms with E-state index < -0.39 is 10.0 Å². The van der Waals surface area contributed by atoms with Crippen LogP contribution in [0.2, 0.25) is 5.15 Å². The van der Waals surface area contributed by atoms with Crippen LogP contribution in [-0.4, -0.2) is 23.4 Å². The van der Waals surface area contributed by atoms with E-state index in [1.54, 1.807) is 24.3 Å². The Kier molecular flexibility index (Phi) is 3.44. The van der Waals surface area contributed by atoms with E-state index in [2.05, 4.69) is 19.7 Å². The van der Waals surface area contributed by atoms with Crippen LogP contribution < -0.4 is 4.72 Å². The molecule has 6 nitrogen and oxygen atoms in total. The normalized spacial score (nSPS) is 11.5. The van der Waals surface area contributed by atoms with Gasteiger partial charge in [0.05, 0.1) is 11.0 Å². The Morgan fingerprint density at radius 1 is 1.00 bits per heavy atom. The largest absolute Gasteiger partial charge is 0.264 e. The van der Waals surface area contributed by atoms with E-state index in [-0.39, 0.29) is 15.9 Å². The Morgan fingerprint density at radius 3 is 2.38 bits per heavy atom. The molecule has 2 heterocycles. The molecule has 0 radical (unpaired) electrons. The average molecular weight is 321 g/mol. The Bertz CT molecular complexity index is 900. The van der Waals surface area contributed by atoms with Crippen molar-refractivity contribution in [3.63, 3.8) is 0 Å². The zero-order valence-electron chi connectivity index (χ0n) is 10.6. The molecule has 0 bridgehead atoms. The number of aromatic nitrogens is 3. The van der Waals surface area contributed by atoms with Crippen LogP contribution in [0.5, 0.6) is 0 Å². The van der Waals surface area contributed by atoms with Crippen molar-refractivity contribution in [2.24, 2.45) is 0 Å². The fraction of sp³-hybridized carbons (Fsp3) is 0. The first-order chi connectivity index (χ1) is 10.1. The number of anilines is 1. The molecule has 0 atom stereocenters. The van der Waals surface area contributed by atoms with Gasteiger partial charge in [0.15, 0.2) is 11.0 Å². The average Bonchev–Trinajstić information content (AvgIpc) is 2.49. The van der Waals surface area contributed by atoms with Crippen molar-refractivity contribution in [2.45, 2.75) is 4.90 Å². The molecular formula is C13H9ClN4O2S. The van der Waals surface area contributed by atoms with Crippen LogP contribution in [0.25, 0.3) is 11.0 Å². The zero-order valence-corrected chi connectivity index (χ0v) is 12.1. The van der Waals surface area contributed by atoms with Gasteiger partial charge in [-0.05, 0) is 24.3 Å². The number of para-hydroxylation sites is 2. The van der Waals surface area contributed by atoms with Gasteiger partial charge in [-0.2, -0.15) is 0 Å². The highest BCUT2D eigenvalue weighted by Gasteiger charge is 2.17. The molecule has 0 aliphatic rings. The van der Waals surface area contributed by atoms with Gasteiger partial charge in [-0.15, -0.1) is 0 Å². The number of hydrogen-bond donors (Lipinski definition) is 1. The Balaban J connectivity index is 2.04. The van der Waals surface area contributed by atoms with Crippen LogP contribution >= 0.6 is 11.6 Å². The van der Waals surface area contributed by atoms with Gasteiger partial charge in [0.2, 0.25) is 0 Å². The lowest BCUT2D eigenvalue weighted by Crippen LogP contribution is -2.15. The van der Waals surface area contributed by atoms with Gasteiger partial charge < -0.3 is 0 Å². The Hall–Kier alpha value is -2.25. The minimum atomic E-state index is -3.80. The molecule has 0 fully saturated rings. The standard InChI is InChI=1S/C13H9ClN4O2S/c14-12-13(17-11-6-2-1-5-10(11)16-12)18-21(19,20)9-4-3-7-15-8-9/h1-8H,(H,17,18). The van der Waals surface area contributed by atoms with Crippen LogP contribution in [-0.2, 0) is 10.0 Å². The molecule has 0 amide bonds. The number of pyridine rings is 1. The second-order valence-electron chi connectivity index (χ2n) is 4.15. The van der Waals surface area contributed by atoms with E-state index in [9.17, 15) is 8.42 Å². The topological polar surface area (TPSA) is 84.8 Å². The van der Waals surface area contributed by atoms with E-state index in [4.69, 9.17) is 11.6 Å². The molecule has 0 saturated heterocycles. The highest BCUT2D eigenvalue weighted by molar-refractivity contribution is 7.92. The summed E-state index contributed by atoms with van der Waals surface area (Å²) in [5, 5.41) is -0.0128. The summed E-state index contributed by atoms with van der Waals surface area (Å²) >= 11 is 5.98. The minimum Gasteiger partial charge on any atom is -0.263 e. The van der Waals surface area contributed by atoms with Crippen LogP contribution in [0.3, 0.4) is 0 Å². The quantitative estimate of drug-likeness (QED) is 0.801. The summed E-state index contributed by atoms with van der Waals surface area (Å²) in [6, 6.07) is 10.0. The van der Waals surface area contributed by atoms with Crippen LogP contribution in [0.15, 0.2) is 53.7 Å². The molecule has 0 spiro atoms. The van der Waals surface area contributed by atoms with Gasteiger partial charge in [0.25, 0.3) is 10.0 Å². The van der Waals surface area contributed by atoms with E-state index in [1.807, 2.05) is 0 Å². The summed E-state index contributed by atoms with van der Waals surface area (Å²) in [4.78, 5) is 12.1. The lowest BCUT2D eigenvalue weighted by Gasteiger charge is -2.08. The predicted octanol–water partition coefficient (Wildman–Crippen LogP) is 2.48. The lowest BCUT2D eigenvalue weighted by molar-refractivity contribution is 0.600. The molecule has 0 unspecified atom stereocenters. The lowest BCUT2D eigenvalue weighted by atomic mass is 10.3. The summed E-state index contributed by atoms with van der Waals surface area (Å²) in [5.41, 5.74) is 1.14. The summed E-state index contributed by atoms with van der Waals surface area (Å²) in [6.07, 6.45) is 2.73. The number of halogens is 1. The maximum Gasteiger partial charge on any atom is 0.264 e. The smallest absolute Gasteiger partial charge is 0.263 e. The van der Waals surface area contributed by atoms with Gasteiger partial charge in [-0.1, -0.05) is 23.7 Å². The van der Waals surface area contributed by atoms with Crippen molar-refractivity contribution in [2.75, 3.05) is 4.72 Å². The first-order valence-corrected chi connectivity index (χ1v) is 7.77. The van der Waals surface area contributed by atoms with E-state index >= 15 is 0 Å². The van der Waals surface area contributed by atoms with Crippen LogP contribution in [0, 0.1) is 0 Å². The van der Waals surface area contributed by atoms with Gasteiger partial charge in [-0.3, -0.25) is 9.71 Å². The molecule has 3 rings (SSSR count). The Morgan fingerprint density at radius 2 is 1.71 bits per heavy atom. The predicted molar refractivity (Wildman–Crippen MR) is 79.6 cm³/mol. The van der Waals surface area contributed by atoms with E-state index in [0.29, 0.717) is 11.0 Å². The maximum absolute atomic E-state index is 12.2. The van der Waals surface area contributed by atoms with Gasteiger partial charge in [0.1, 0.15) is 4.90 Å². The van der Waals surface area contributed by atoms with Crippen molar-refractivity contribution >= 4 is 38.5 Å². The number of hydrogen-bond acceptors (Lipinski definition) is 5. The highest BCUT2D eigenvalue weighted by atomic mass is 35.5. The third-order valence-corrected chi connectivity index (χ3v) is 4.29. The molecule has 3 aromatic rings. The monoisotopic (exact) mass is 320 g/mol. The fourth-order valence-electron chi connectivity index (χ4n) is 1.74. The van der Waals surface area contributed by atoms with Gasteiger partial charge in [0, 0.05) is 12.4 Å². The first-order valence-electron chi connectivity index (χ1n) is 5.91. The molecule has 2 aromatic heterocycles. The highest BCUT2D eigenvalue weighted by Crippen LogP contribution is 2.23. The van der Waals surface area contributed by atoms with Crippen molar-refractivity contribution < 1.29 is 8.42 Å². The van der Waals surface area contributed by atoms with Crippen molar-refractivity contribution in [1.29, 1.82) is 0 Å². The number of benzene rings is 1. The number of sulfonamides is 1. The third-order valence-electron chi connectivity index (χ3n) is 2.70. The Labute approximate surface area is 125 Å². The molecule has 0 aliphatic carbocycles. The second kappa shape index (κ2) is 5.27. The van der Waals surface area contributed by atoms with Crippen molar-refractivity contribution in [3.8, 4) is 0 Å². The number of rotatable bonds is 3. The van der Waals surface area contributed by atoms with Gasteiger partial charge in [-0.25, -0.2) is 18.4 Å². The maximum atomic E-state index is 12.2. The molecule has 1 aromatic carbocycles. The van der Waals surface area contributed by atoms with Crippen molar-refractivity contribution in [1.82, 2.24) is 15.0 Å². The second-order valence-corrected chi connectivity index (χ2v) is 6.19. The molecule has 106 valence electrons. The summed E-state index contributed by atoms with van der Waals surface area (Å²) in [5.74, 6) is -0.0146. The van der Waals surface area contributed by atoms with E-state index in [0.717, 1.165) is 0 Å². The molecule has 0 saturated carbocycles. The number of nitrogens with zero attached hydrogens (tertiary/aromatic N) is 3. The first kappa shape index (κ1) is 13.7. The summed E-state index contributed by atoms with van der Waals surface area (Å²) in [7, 11) is -3.80. The minimum absolute atomic E-state index is 0.0128. The summed E-state index contributed by atoms with van der Waals surface area (Å²) < 4.78 is 26.7. The van der Waals surface area contributed by atoms with Crippen LogP contribution in [0.1, 0.15) is 0 Å². The van der Waals surface area contributed by atoms with E-state index in [1.165, 1.54) is 24.5 Å².